The van der Waals surface area contributed by atoms with E-state index in [1.165, 1.54) is 0 Å². The first-order valence-electron chi connectivity index (χ1n) is 9.95. The van der Waals surface area contributed by atoms with Gasteiger partial charge in [0.05, 0.1) is 16.8 Å². The Kier molecular flexibility index (Phi) is 6.20. The fourth-order valence-electron chi connectivity index (χ4n) is 3.50. The number of fused-ring (bicyclic) bond motifs is 1. The zero-order chi connectivity index (χ0) is 20.1. The fourth-order valence-corrected chi connectivity index (χ4v) is 3.90. The first-order valence-corrected chi connectivity index (χ1v) is 11.1. The molecule has 4 rings (SSSR count). The van der Waals surface area contributed by atoms with Gasteiger partial charge in [-0.25, -0.2) is 9.20 Å². The maximum Gasteiger partial charge on any atom is 0.266 e. The molecule has 0 N–H and O–H groups in total. The molecule has 0 saturated heterocycles. The predicted octanol–water partition coefficient (Wildman–Crippen LogP) is 5.18. The molecule has 0 saturated carbocycles. The van der Waals surface area contributed by atoms with Crippen LogP contribution < -0.4 is 5.56 Å². The molecule has 5 nitrogen and oxygen atoms in total. The van der Waals surface area contributed by atoms with Crippen molar-refractivity contribution in [2.45, 2.75) is 32.2 Å². The molecule has 0 aliphatic carbocycles. The van der Waals surface area contributed by atoms with Crippen molar-refractivity contribution in [3.63, 3.8) is 0 Å². The third-order valence-electron chi connectivity index (χ3n) is 4.96. The van der Waals surface area contributed by atoms with E-state index in [2.05, 4.69) is 15.9 Å². The van der Waals surface area contributed by atoms with E-state index in [1.807, 2.05) is 59.2 Å². The summed E-state index contributed by atoms with van der Waals surface area (Å²) in [5.74, 6) is 0. The lowest BCUT2D eigenvalue weighted by Gasteiger charge is -2.08. The minimum absolute atomic E-state index is 0.0630. The molecule has 0 unspecified atom stereocenters. The van der Waals surface area contributed by atoms with Crippen molar-refractivity contribution in [3.8, 4) is 22.5 Å². The van der Waals surface area contributed by atoms with Gasteiger partial charge in [0.15, 0.2) is 0 Å². The van der Waals surface area contributed by atoms with E-state index in [9.17, 15) is 4.79 Å². The van der Waals surface area contributed by atoms with Crippen molar-refractivity contribution < 1.29 is 0 Å². The summed E-state index contributed by atoms with van der Waals surface area (Å²) in [6.07, 6.45) is 6.29. The number of halogens is 1. The predicted molar refractivity (Wildman–Crippen MR) is 120 cm³/mol. The van der Waals surface area contributed by atoms with E-state index in [0.29, 0.717) is 6.54 Å². The van der Waals surface area contributed by atoms with Gasteiger partial charge in [0, 0.05) is 29.7 Å². The minimum atomic E-state index is -0.0630. The Balaban J connectivity index is 1.75. The van der Waals surface area contributed by atoms with Gasteiger partial charge in [-0.05, 0) is 31.0 Å². The standard InChI is InChI=1S/C23H23BrN4O/c24-15-7-1-2-8-17-28-21(29)14-13-19(25-28)22-20-12-6-9-16-27(20)26-23(22)18-10-4-3-5-11-18/h3-6,9-14,16H,1-2,7-8,15,17H2. The number of aryl methyl sites for hydroxylation is 1. The summed E-state index contributed by atoms with van der Waals surface area (Å²) in [6, 6.07) is 19.5. The average molecular weight is 451 g/mol. The van der Waals surface area contributed by atoms with Crippen LogP contribution in [0.25, 0.3) is 28.0 Å². The number of pyridine rings is 1. The van der Waals surface area contributed by atoms with Gasteiger partial charge in [-0.2, -0.15) is 10.2 Å². The molecule has 29 heavy (non-hydrogen) atoms. The van der Waals surface area contributed by atoms with Crippen molar-refractivity contribution in [2.75, 3.05) is 5.33 Å². The molecule has 3 aromatic heterocycles. The molecule has 148 valence electrons. The lowest BCUT2D eigenvalue weighted by molar-refractivity contribution is 0.522. The van der Waals surface area contributed by atoms with Crippen molar-refractivity contribution in [2.24, 2.45) is 0 Å². The number of aromatic nitrogens is 4. The van der Waals surface area contributed by atoms with E-state index in [1.54, 1.807) is 16.8 Å². The largest absolute Gasteiger partial charge is 0.268 e. The van der Waals surface area contributed by atoms with Crippen LogP contribution in [0.4, 0.5) is 0 Å². The number of hydrogen-bond donors (Lipinski definition) is 0. The molecule has 0 aliphatic rings. The highest BCUT2D eigenvalue weighted by atomic mass is 79.9. The van der Waals surface area contributed by atoms with E-state index in [4.69, 9.17) is 10.2 Å². The van der Waals surface area contributed by atoms with Crippen LogP contribution in [0.15, 0.2) is 71.7 Å². The first kappa shape index (κ1) is 19.6. The second kappa shape index (κ2) is 9.18. The van der Waals surface area contributed by atoms with Crippen LogP contribution in [0.5, 0.6) is 0 Å². The second-order valence-corrected chi connectivity index (χ2v) is 7.80. The van der Waals surface area contributed by atoms with Crippen LogP contribution in [-0.2, 0) is 6.54 Å². The third kappa shape index (κ3) is 4.32. The highest BCUT2D eigenvalue weighted by molar-refractivity contribution is 9.09. The number of rotatable bonds is 8. The van der Waals surface area contributed by atoms with Crippen LogP contribution in [0.3, 0.4) is 0 Å². The molecule has 0 amide bonds. The van der Waals surface area contributed by atoms with Gasteiger partial charge >= 0.3 is 0 Å². The van der Waals surface area contributed by atoms with Crippen LogP contribution in [0, 0.1) is 0 Å². The first-order chi connectivity index (χ1) is 14.3. The van der Waals surface area contributed by atoms with E-state index >= 15 is 0 Å². The number of alkyl halides is 1. The molecule has 0 aliphatic heterocycles. The van der Waals surface area contributed by atoms with E-state index < -0.39 is 0 Å². The molecule has 3 heterocycles. The Hall–Kier alpha value is -2.73. The highest BCUT2D eigenvalue weighted by Gasteiger charge is 2.18. The summed E-state index contributed by atoms with van der Waals surface area (Å²) >= 11 is 3.46. The quantitative estimate of drug-likeness (QED) is 0.274. The van der Waals surface area contributed by atoms with E-state index in [0.717, 1.165) is 59.0 Å². The van der Waals surface area contributed by atoms with Crippen LogP contribution in [-0.4, -0.2) is 24.7 Å². The molecule has 0 atom stereocenters. The van der Waals surface area contributed by atoms with Gasteiger partial charge in [0.2, 0.25) is 0 Å². The number of unbranched alkanes of at least 4 members (excludes halogenated alkanes) is 3. The normalized spacial score (nSPS) is 11.2. The summed E-state index contributed by atoms with van der Waals surface area (Å²) in [5, 5.41) is 10.5. The zero-order valence-electron chi connectivity index (χ0n) is 16.2. The molecule has 1 aromatic carbocycles. The van der Waals surface area contributed by atoms with Gasteiger partial charge in [0.1, 0.15) is 5.69 Å². The Morgan fingerprint density at radius 3 is 2.45 bits per heavy atom. The lowest BCUT2D eigenvalue weighted by Crippen LogP contribution is -2.22. The Labute approximate surface area is 178 Å². The summed E-state index contributed by atoms with van der Waals surface area (Å²) in [7, 11) is 0. The molecule has 6 heteroatoms. The number of hydrogen-bond acceptors (Lipinski definition) is 3. The summed E-state index contributed by atoms with van der Waals surface area (Å²) in [6.45, 7) is 0.634. The molecule has 0 radical (unpaired) electrons. The molecule has 0 bridgehead atoms. The molecule has 0 fully saturated rings. The van der Waals surface area contributed by atoms with Crippen LogP contribution in [0.2, 0.25) is 0 Å². The van der Waals surface area contributed by atoms with Crippen LogP contribution in [0.1, 0.15) is 25.7 Å². The summed E-state index contributed by atoms with van der Waals surface area (Å²) in [4.78, 5) is 12.4. The number of nitrogens with zero attached hydrogens (tertiary/aromatic N) is 4. The van der Waals surface area contributed by atoms with Crippen molar-refractivity contribution in [1.29, 1.82) is 0 Å². The smallest absolute Gasteiger partial charge is 0.266 e. The van der Waals surface area contributed by atoms with Gasteiger partial charge in [0.25, 0.3) is 5.56 Å². The van der Waals surface area contributed by atoms with Crippen molar-refractivity contribution in [3.05, 3.63) is 77.2 Å². The Bertz CT molecular complexity index is 1150. The average Bonchev–Trinajstić information content (AvgIpc) is 3.15. The van der Waals surface area contributed by atoms with Gasteiger partial charge in [-0.3, -0.25) is 4.79 Å². The zero-order valence-corrected chi connectivity index (χ0v) is 17.8. The second-order valence-electron chi connectivity index (χ2n) is 7.00. The molecular weight excluding hydrogens is 428 g/mol. The maximum atomic E-state index is 12.4. The van der Waals surface area contributed by atoms with Gasteiger partial charge < -0.3 is 0 Å². The van der Waals surface area contributed by atoms with Crippen molar-refractivity contribution >= 4 is 21.4 Å². The molecule has 4 aromatic rings. The maximum absolute atomic E-state index is 12.4. The third-order valence-corrected chi connectivity index (χ3v) is 5.52. The van der Waals surface area contributed by atoms with Crippen LogP contribution >= 0.6 is 15.9 Å². The molecular formula is C23H23BrN4O. The van der Waals surface area contributed by atoms with Crippen molar-refractivity contribution in [1.82, 2.24) is 19.4 Å². The lowest BCUT2D eigenvalue weighted by atomic mass is 10.0. The topological polar surface area (TPSA) is 52.2 Å². The summed E-state index contributed by atoms with van der Waals surface area (Å²) in [5.41, 5.74) is 4.52. The minimum Gasteiger partial charge on any atom is -0.268 e. The van der Waals surface area contributed by atoms with Gasteiger partial charge in [-0.15, -0.1) is 0 Å². The highest BCUT2D eigenvalue weighted by Crippen LogP contribution is 2.33. The fraction of sp³-hybridized carbons (Fsp3) is 0.261. The monoisotopic (exact) mass is 450 g/mol. The summed E-state index contributed by atoms with van der Waals surface area (Å²) < 4.78 is 3.46. The van der Waals surface area contributed by atoms with E-state index in [-0.39, 0.29) is 5.56 Å². The number of benzene rings is 1. The SMILES string of the molecule is O=c1ccc(-c2c(-c3ccccc3)nn3ccccc23)nn1CCCCCCBr. The Morgan fingerprint density at radius 2 is 1.62 bits per heavy atom. The van der Waals surface area contributed by atoms with Gasteiger partial charge in [-0.1, -0.05) is 65.2 Å². The Morgan fingerprint density at radius 1 is 0.828 bits per heavy atom. The molecule has 0 spiro atoms.